The molecule has 1 heterocycles. The maximum atomic E-state index is 12.1. The van der Waals surface area contributed by atoms with Crippen molar-refractivity contribution in [3.8, 4) is 11.8 Å². The Hall–Kier alpha value is -2.10. The molecule has 130 valence electrons. The first-order valence-corrected chi connectivity index (χ1v) is 8.32. The van der Waals surface area contributed by atoms with Gasteiger partial charge in [0.25, 0.3) is 5.91 Å². The van der Waals surface area contributed by atoms with Gasteiger partial charge in [-0.2, -0.15) is 5.26 Å². The van der Waals surface area contributed by atoms with Crippen LogP contribution in [0.3, 0.4) is 0 Å². The zero-order chi connectivity index (χ0) is 17.4. The van der Waals surface area contributed by atoms with Gasteiger partial charge in [0.1, 0.15) is 11.8 Å². The fraction of sp³-hybridized carbons (Fsp3) is 0.556. The van der Waals surface area contributed by atoms with E-state index in [1.807, 2.05) is 0 Å². The average Bonchev–Trinajstić information content (AvgIpc) is 2.61. The molecule has 6 heteroatoms. The molecule has 1 aliphatic heterocycles. The summed E-state index contributed by atoms with van der Waals surface area (Å²) < 4.78 is 10.8. The predicted octanol–water partition coefficient (Wildman–Crippen LogP) is 1.41. The molecule has 2 rings (SSSR count). The monoisotopic (exact) mass is 331 g/mol. The van der Waals surface area contributed by atoms with Gasteiger partial charge in [-0.1, -0.05) is 26.0 Å². The van der Waals surface area contributed by atoms with Gasteiger partial charge in [0, 0.05) is 25.7 Å². The van der Waals surface area contributed by atoms with Crippen molar-refractivity contribution in [2.45, 2.75) is 19.9 Å². The quantitative estimate of drug-likeness (QED) is 0.818. The van der Waals surface area contributed by atoms with Crippen LogP contribution < -0.4 is 10.1 Å². The Labute approximate surface area is 143 Å². The minimum Gasteiger partial charge on any atom is -0.482 e. The Morgan fingerprint density at radius 2 is 2.08 bits per heavy atom. The predicted molar refractivity (Wildman–Crippen MR) is 90.7 cm³/mol. The highest BCUT2D eigenvalue weighted by Gasteiger charge is 2.24. The van der Waals surface area contributed by atoms with Crippen molar-refractivity contribution >= 4 is 5.91 Å². The fourth-order valence-corrected chi connectivity index (χ4v) is 2.79. The SMILES string of the molecule is CC(C)C(CNC(=O)COc1ccccc1C#N)N1CCOCC1. The summed E-state index contributed by atoms with van der Waals surface area (Å²) in [5.41, 5.74) is 0.429. The van der Waals surface area contributed by atoms with Crippen LogP contribution in [0.25, 0.3) is 0 Å². The number of para-hydroxylation sites is 1. The fourth-order valence-electron chi connectivity index (χ4n) is 2.79. The molecule has 0 bridgehead atoms. The number of carbonyl (C=O) groups excluding carboxylic acids is 1. The van der Waals surface area contributed by atoms with Gasteiger partial charge in [-0.15, -0.1) is 0 Å². The molecule has 24 heavy (non-hydrogen) atoms. The molecule has 6 nitrogen and oxygen atoms in total. The number of nitriles is 1. The Balaban J connectivity index is 1.81. The van der Waals surface area contributed by atoms with Gasteiger partial charge >= 0.3 is 0 Å². The van der Waals surface area contributed by atoms with Crippen molar-refractivity contribution in [1.82, 2.24) is 10.2 Å². The first kappa shape index (κ1) is 18.2. The Morgan fingerprint density at radius 3 is 2.75 bits per heavy atom. The molecule has 1 aromatic carbocycles. The standard InChI is InChI=1S/C18H25N3O3/c1-14(2)16(21-7-9-23-10-8-21)12-20-18(22)13-24-17-6-4-3-5-15(17)11-19/h3-6,14,16H,7-10,12-13H2,1-2H3,(H,20,22). The lowest BCUT2D eigenvalue weighted by molar-refractivity contribution is -0.123. The highest BCUT2D eigenvalue weighted by molar-refractivity contribution is 5.77. The summed E-state index contributed by atoms with van der Waals surface area (Å²) in [6.45, 7) is 8.08. The number of nitrogens with zero attached hydrogens (tertiary/aromatic N) is 2. The highest BCUT2D eigenvalue weighted by Crippen LogP contribution is 2.16. The van der Waals surface area contributed by atoms with Crippen LogP contribution in [0.5, 0.6) is 5.75 Å². The van der Waals surface area contributed by atoms with E-state index in [0.717, 1.165) is 26.3 Å². The van der Waals surface area contributed by atoms with Gasteiger partial charge in [0.2, 0.25) is 0 Å². The summed E-state index contributed by atoms with van der Waals surface area (Å²) in [6.07, 6.45) is 0. The largest absolute Gasteiger partial charge is 0.482 e. The Morgan fingerprint density at radius 1 is 1.38 bits per heavy atom. The highest BCUT2D eigenvalue weighted by atomic mass is 16.5. The first-order valence-electron chi connectivity index (χ1n) is 8.32. The van der Waals surface area contributed by atoms with Crippen LogP contribution in [0.2, 0.25) is 0 Å². The van der Waals surface area contributed by atoms with Crippen LogP contribution in [-0.4, -0.2) is 56.3 Å². The summed E-state index contributed by atoms with van der Waals surface area (Å²) in [7, 11) is 0. The van der Waals surface area contributed by atoms with Crippen molar-refractivity contribution in [3.63, 3.8) is 0 Å². The molecular weight excluding hydrogens is 306 g/mol. The van der Waals surface area contributed by atoms with E-state index in [1.54, 1.807) is 24.3 Å². The van der Waals surface area contributed by atoms with Gasteiger partial charge in [-0.25, -0.2) is 0 Å². The zero-order valence-electron chi connectivity index (χ0n) is 14.3. The molecule has 1 unspecified atom stereocenters. The molecule has 0 saturated carbocycles. The lowest BCUT2D eigenvalue weighted by atomic mass is 10.0. The first-order chi connectivity index (χ1) is 11.6. The van der Waals surface area contributed by atoms with Crippen LogP contribution in [0.1, 0.15) is 19.4 Å². The maximum Gasteiger partial charge on any atom is 0.257 e. The summed E-state index contributed by atoms with van der Waals surface area (Å²) in [6, 6.07) is 9.24. The van der Waals surface area contributed by atoms with Crippen molar-refractivity contribution < 1.29 is 14.3 Å². The van der Waals surface area contributed by atoms with E-state index < -0.39 is 0 Å². The molecule has 0 spiro atoms. The molecule has 1 fully saturated rings. The summed E-state index contributed by atoms with van der Waals surface area (Å²) in [5, 5.41) is 12.0. The molecular formula is C18H25N3O3. The topological polar surface area (TPSA) is 74.6 Å². The van der Waals surface area contributed by atoms with Crippen molar-refractivity contribution in [1.29, 1.82) is 5.26 Å². The summed E-state index contributed by atoms with van der Waals surface area (Å²) in [5.74, 6) is 0.689. The van der Waals surface area contributed by atoms with Crippen LogP contribution in [0.4, 0.5) is 0 Å². The van der Waals surface area contributed by atoms with Gasteiger partial charge in [0.05, 0.1) is 18.8 Å². The Bertz CT molecular complexity index is 577. The number of carbonyl (C=O) groups is 1. The van der Waals surface area contributed by atoms with E-state index in [9.17, 15) is 4.79 Å². The molecule has 1 aromatic rings. The lowest BCUT2D eigenvalue weighted by Gasteiger charge is -2.36. The number of rotatable bonds is 7. The van der Waals surface area contributed by atoms with Crippen molar-refractivity contribution in [2.24, 2.45) is 5.92 Å². The third kappa shape index (κ3) is 5.22. The minimum atomic E-state index is -0.179. The third-order valence-corrected chi connectivity index (χ3v) is 4.16. The summed E-state index contributed by atoms with van der Waals surface area (Å²) in [4.78, 5) is 14.4. The van der Waals surface area contributed by atoms with Crippen molar-refractivity contribution in [2.75, 3.05) is 39.5 Å². The lowest BCUT2D eigenvalue weighted by Crippen LogP contribution is -2.51. The number of ether oxygens (including phenoxy) is 2. The minimum absolute atomic E-state index is 0.0907. The number of morpholine rings is 1. The van der Waals surface area contributed by atoms with E-state index in [0.29, 0.717) is 23.8 Å². The Kier molecular flexibility index (Phi) is 7.04. The van der Waals surface area contributed by atoms with Gasteiger partial charge in [-0.05, 0) is 18.1 Å². The summed E-state index contributed by atoms with van der Waals surface area (Å²) >= 11 is 0. The number of nitrogens with one attached hydrogen (secondary N) is 1. The van der Waals surface area contributed by atoms with E-state index in [4.69, 9.17) is 14.7 Å². The second-order valence-corrected chi connectivity index (χ2v) is 6.16. The van der Waals surface area contributed by atoms with E-state index in [-0.39, 0.29) is 18.6 Å². The molecule has 0 radical (unpaired) electrons. The molecule has 1 aliphatic rings. The molecule has 1 atom stereocenters. The smallest absolute Gasteiger partial charge is 0.257 e. The number of hydrogen-bond donors (Lipinski definition) is 1. The normalized spacial score (nSPS) is 16.4. The second-order valence-electron chi connectivity index (χ2n) is 6.16. The molecule has 1 amide bonds. The zero-order valence-corrected chi connectivity index (χ0v) is 14.3. The van der Waals surface area contributed by atoms with E-state index in [1.165, 1.54) is 0 Å². The number of benzene rings is 1. The van der Waals surface area contributed by atoms with Crippen LogP contribution in [0.15, 0.2) is 24.3 Å². The van der Waals surface area contributed by atoms with Gasteiger partial charge < -0.3 is 14.8 Å². The van der Waals surface area contributed by atoms with Crippen LogP contribution in [-0.2, 0) is 9.53 Å². The number of hydrogen-bond acceptors (Lipinski definition) is 5. The second kappa shape index (κ2) is 9.26. The van der Waals surface area contributed by atoms with Crippen LogP contribution in [0, 0.1) is 17.2 Å². The number of amides is 1. The molecule has 0 aromatic heterocycles. The maximum absolute atomic E-state index is 12.1. The average molecular weight is 331 g/mol. The molecule has 1 N–H and O–H groups in total. The van der Waals surface area contributed by atoms with E-state index >= 15 is 0 Å². The van der Waals surface area contributed by atoms with Gasteiger partial charge in [0.15, 0.2) is 6.61 Å². The molecule has 1 saturated heterocycles. The van der Waals surface area contributed by atoms with Crippen molar-refractivity contribution in [3.05, 3.63) is 29.8 Å². The molecule has 0 aliphatic carbocycles. The third-order valence-electron chi connectivity index (χ3n) is 4.16. The van der Waals surface area contributed by atoms with Crippen LogP contribution >= 0.6 is 0 Å². The van der Waals surface area contributed by atoms with Gasteiger partial charge in [-0.3, -0.25) is 9.69 Å². The van der Waals surface area contributed by atoms with E-state index in [2.05, 4.69) is 30.1 Å².